The van der Waals surface area contributed by atoms with Gasteiger partial charge < -0.3 is 0 Å². The van der Waals surface area contributed by atoms with E-state index in [0.29, 0.717) is 17.4 Å². The molecule has 0 spiro atoms. The lowest BCUT2D eigenvalue weighted by molar-refractivity contribution is 0.657. The highest BCUT2D eigenvalue weighted by Gasteiger charge is 2.06. The molecule has 0 fully saturated rings. The Kier molecular flexibility index (Phi) is 3.40. The van der Waals surface area contributed by atoms with Crippen molar-refractivity contribution < 1.29 is 0 Å². The van der Waals surface area contributed by atoms with Gasteiger partial charge in [-0.25, -0.2) is 4.98 Å². The van der Waals surface area contributed by atoms with Crippen LogP contribution in [0.4, 0.5) is 0 Å². The molecule has 0 aliphatic heterocycles. The highest BCUT2D eigenvalue weighted by molar-refractivity contribution is 9.10. The number of nitrogens with zero attached hydrogens (tertiary/aromatic N) is 4. The van der Waals surface area contributed by atoms with E-state index in [0.717, 1.165) is 16.6 Å². The standard InChI is InChI=1S/C14H13BrN4O/c1-2-19-8-10(6-17-19)7-18-9-16-13-5-11(15)3-4-12(13)14(18)20/h3-6,8-9H,2,7H2,1H3. The van der Waals surface area contributed by atoms with Crippen LogP contribution in [-0.4, -0.2) is 19.3 Å². The third kappa shape index (κ3) is 2.38. The summed E-state index contributed by atoms with van der Waals surface area (Å²) in [5.41, 5.74) is 1.66. The molecule has 0 N–H and O–H groups in total. The first kappa shape index (κ1) is 13.1. The molecule has 2 heterocycles. The van der Waals surface area contributed by atoms with E-state index in [9.17, 15) is 4.79 Å². The molecule has 0 saturated carbocycles. The first-order chi connectivity index (χ1) is 9.67. The Balaban J connectivity index is 2.02. The molecule has 1 aromatic carbocycles. The maximum atomic E-state index is 12.4. The van der Waals surface area contributed by atoms with Crippen molar-refractivity contribution in [2.24, 2.45) is 0 Å². The first-order valence-electron chi connectivity index (χ1n) is 6.33. The predicted octanol–water partition coefficient (Wildman–Crippen LogP) is 2.42. The fourth-order valence-corrected chi connectivity index (χ4v) is 2.45. The summed E-state index contributed by atoms with van der Waals surface area (Å²) in [6, 6.07) is 5.49. The van der Waals surface area contributed by atoms with E-state index >= 15 is 0 Å². The Morgan fingerprint density at radius 1 is 1.35 bits per heavy atom. The monoisotopic (exact) mass is 332 g/mol. The van der Waals surface area contributed by atoms with E-state index in [-0.39, 0.29) is 5.56 Å². The molecular formula is C14H13BrN4O. The minimum atomic E-state index is -0.0354. The minimum Gasteiger partial charge on any atom is -0.294 e. The number of aromatic nitrogens is 4. The summed E-state index contributed by atoms with van der Waals surface area (Å²) in [4.78, 5) is 16.7. The smallest absolute Gasteiger partial charge is 0.261 e. The largest absolute Gasteiger partial charge is 0.294 e. The van der Waals surface area contributed by atoms with Crippen molar-refractivity contribution in [2.45, 2.75) is 20.0 Å². The van der Waals surface area contributed by atoms with Crippen molar-refractivity contribution in [2.75, 3.05) is 0 Å². The van der Waals surface area contributed by atoms with E-state index in [1.165, 1.54) is 0 Å². The number of hydrogen-bond acceptors (Lipinski definition) is 3. The van der Waals surface area contributed by atoms with Crippen LogP contribution in [-0.2, 0) is 13.1 Å². The lowest BCUT2D eigenvalue weighted by atomic mass is 10.2. The third-order valence-electron chi connectivity index (χ3n) is 3.15. The fourth-order valence-electron chi connectivity index (χ4n) is 2.10. The molecule has 0 atom stereocenters. The summed E-state index contributed by atoms with van der Waals surface area (Å²) in [6.07, 6.45) is 5.31. The van der Waals surface area contributed by atoms with E-state index in [1.54, 1.807) is 23.2 Å². The lowest BCUT2D eigenvalue weighted by Crippen LogP contribution is -2.20. The first-order valence-corrected chi connectivity index (χ1v) is 7.12. The molecule has 20 heavy (non-hydrogen) atoms. The zero-order valence-corrected chi connectivity index (χ0v) is 12.5. The topological polar surface area (TPSA) is 52.7 Å². The summed E-state index contributed by atoms with van der Waals surface area (Å²) in [5, 5.41) is 4.83. The van der Waals surface area contributed by atoms with Crippen molar-refractivity contribution in [3.05, 3.63) is 57.3 Å². The van der Waals surface area contributed by atoms with Crippen LogP contribution in [0.5, 0.6) is 0 Å². The van der Waals surface area contributed by atoms with E-state index in [1.807, 2.05) is 29.9 Å². The van der Waals surface area contributed by atoms with Gasteiger partial charge in [-0.3, -0.25) is 14.0 Å². The average molecular weight is 333 g/mol. The number of fused-ring (bicyclic) bond motifs is 1. The van der Waals surface area contributed by atoms with Gasteiger partial charge >= 0.3 is 0 Å². The van der Waals surface area contributed by atoms with Crippen LogP contribution in [0.2, 0.25) is 0 Å². The van der Waals surface area contributed by atoms with Gasteiger partial charge in [0.1, 0.15) is 0 Å². The van der Waals surface area contributed by atoms with Crippen LogP contribution in [0.25, 0.3) is 10.9 Å². The van der Waals surface area contributed by atoms with Gasteiger partial charge in [-0.15, -0.1) is 0 Å². The Labute approximate surface area is 124 Å². The van der Waals surface area contributed by atoms with Crippen molar-refractivity contribution in [3.8, 4) is 0 Å². The predicted molar refractivity (Wildman–Crippen MR) is 80.7 cm³/mol. The molecule has 102 valence electrons. The molecule has 0 bridgehead atoms. The molecule has 0 aliphatic carbocycles. The number of hydrogen-bond donors (Lipinski definition) is 0. The van der Waals surface area contributed by atoms with Gasteiger partial charge in [-0.2, -0.15) is 5.10 Å². The summed E-state index contributed by atoms with van der Waals surface area (Å²) >= 11 is 3.38. The summed E-state index contributed by atoms with van der Waals surface area (Å²) < 4.78 is 4.36. The molecule has 0 aliphatic rings. The zero-order valence-electron chi connectivity index (χ0n) is 11.0. The maximum Gasteiger partial charge on any atom is 0.261 e. The zero-order chi connectivity index (χ0) is 14.1. The van der Waals surface area contributed by atoms with Crippen LogP contribution < -0.4 is 5.56 Å². The van der Waals surface area contributed by atoms with Crippen molar-refractivity contribution >= 4 is 26.8 Å². The number of aryl methyl sites for hydroxylation is 1. The van der Waals surface area contributed by atoms with Crippen molar-refractivity contribution in [3.63, 3.8) is 0 Å². The molecule has 3 aromatic rings. The molecule has 6 heteroatoms. The third-order valence-corrected chi connectivity index (χ3v) is 3.64. The Morgan fingerprint density at radius 3 is 2.95 bits per heavy atom. The second kappa shape index (κ2) is 5.20. The number of halogens is 1. The van der Waals surface area contributed by atoms with Crippen molar-refractivity contribution in [1.29, 1.82) is 0 Å². The molecule has 2 aromatic heterocycles. The maximum absolute atomic E-state index is 12.4. The van der Waals surface area contributed by atoms with Crippen LogP contribution in [0.3, 0.4) is 0 Å². The van der Waals surface area contributed by atoms with Gasteiger partial charge in [0.2, 0.25) is 0 Å². The summed E-state index contributed by atoms with van der Waals surface area (Å²) in [7, 11) is 0. The molecule has 0 unspecified atom stereocenters. The molecule has 0 saturated heterocycles. The molecule has 5 nitrogen and oxygen atoms in total. The summed E-state index contributed by atoms with van der Waals surface area (Å²) in [5.74, 6) is 0. The second-order valence-corrected chi connectivity index (χ2v) is 5.46. The fraction of sp³-hybridized carbons (Fsp3) is 0.214. The quantitative estimate of drug-likeness (QED) is 0.740. The second-order valence-electron chi connectivity index (χ2n) is 4.54. The van der Waals surface area contributed by atoms with E-state index in [4.69, 9.17) is 0 Å². The highest BCUT2D eigenvalue weighted by Crippen LogP contribution is 2.15. The molecule has 0 amide bonds. The van der Waals surface area contributed by atoms with Gasteiger partial charge in [0.15, 0.2) is 0 Å². The number of benzene rings is 1. The van der Waals surface area contributed by atoms with Crippen LogP contribution in [0, 0.1) is 0 Å². The van der Waals surface area contributed by atoms with Gasteiger partial charge in [-0.1, -0.05) is 15.9 Å². The van der Waals surface area contributed by atoms with Gasteiger partial charge in [0, 0.05) is 22.8 Å². The normalized spacial score (nSPS) is 11.1. The van der Waals surface area contributed by atoms with Gasteiger partial charge in [0.05, 0.1) is 30.0 Å². The molecule has 3 rings (SSSR count). The molecule has 0 radical (unpaired) electrons. The Hall–Kier alpha value is -1.95. The van der Waals surface area contributed by atoms with Crippen LogP contribution in [0.15, 0.2) is 46.2 Å². The van der Waals surface area contributed by atoms with Crippen LogP contribution in [0.1, 0.15) is 12.5 Å². The van der Waals surface area contributed by atoms with Crippen LogP contribution >= 0.6 is 15.9 Å². The number of rotatable bonds is 3. The highest BCUT2D eigenvalue weighted by atomic mass is 79.9. The van der Waals surface area contributed by atoms with Crippen molar-refractivity contribution in [1.82, 2.24) is 19.3 Å². The average Bonchev–Trinajstić information content (AvgIpc) is 2.89. The van der Waals surface area contributed by atoms with E-state index in [2.05, 4.69) is 26.0 Å². The SMILES string of the molecule is CCn1cc(Cn2cnc3cc(Br)ccc3c2=O)cn1. The lowest BCUT2D eigenvalue weighted by Gasteiger charge is -2.05. The van der Waals surface area contributed by atoms with Gasteiger partial charge in [0.25, 0.3) is 5.56 Å². The minimum absolute atomic E-state index is 0.0354. The Bertz CT molecular complexity index is 821. The summed E-state index contributed by atoms with van der Waals surface area (Å²) in [6.45, 7) is 3.33. The van der Waals surface area contributed by atoms with Gasteiger partial charge in [-0.05, 0) is 25.1 Å². The van der Waals surface area contributed by atoms with E-state index < -0.39 is 0 Å². The Morgan fingerprint density at radius 2 is 2.20 bits per heavy atom. The molecular weight excluding hydrogens is 320 g/mol.